The fourth-order valence-electron chi connectivity index (χ4n) is 2.38. The molecule has 102 valence electrons. The van der Waals surface area contributed by atoms with E-state index >= 15 is 0 Å². The van der Waals surface area contributed by atoms with E-state index < -0.39 is 6.04 Å². The molecule has 3 rings (SSSR count). The lowest BCUT2D eigenvalue weighted by Gasteiger charge is -2.30. The van der Waals surface area contributed by atoms with Crippen LogP contribution in [-0.4, -0.2) is 11.9 Å². The van der Waals surface area contributed by atoms with Gasteiger partial charge in [0.1, 0.15) is 6.04 Å². The van der Waals surface area contributed by atoms with E-state index in [1.807, 2.05) is 6.07 Å². The van der Waals surface area contributed by atoms with Crippen LogP contribution < -0.4 is 4.90 Å². The molecule has 21 heavy (non-hydrogen) atoms. The first-order chi connectivity index (χ1) is 10.2. The second-order valence-electron chi connectivity index (χ2n) is 4.65. The molecule has 1 unspecified atom stereocenters. The van der Waals surface area contributed by atoms with Crippen LogP contribution in [-0.2, 0) is 0 Å². The summed E-state index contributed by atoms with van der Waals surface area (Å²) in [7, 11) is 0. The Kier molecular flexibility index (Phi) is 3.47. The number of nitrogens with zero attached hydrogens (tertiary/aromatic N) is 2. The number of anilines is 1. The van der Waals surface area contributed by atoms with E-state index in [0.717, 1.165) is 5.56 Å². The molecular formula is C17H11ClN2O. The molecule has 0 fully saturated rings. The lowest BCUT2D eigenvalue weighted by molar-refractivity contribution is 0.0985. The molecule has 4 heteroatoms. The summed E-state index contributed by atoms with van der Waals surface area (Å²) < 4.78 is 0. The van der Waals surface area contributed by atoms with Gasteiger partial charge in [0.15, 0.2) is 0 Å². The maximum absolute atomic E-state index is 12.7. The van der Waals surface area contributed by atoms with Crippen molar-refractivity contribution < 1.29 is 4.79 Å². The molecule has 1 aliphatic rings. The predicted octanol–water partition coefficient (Wildman–Crippen LogP) is 3.91. The molecule has 1 atom stereocenters. The minimum Gasteiger partial charge on any atom is -0.288 e. The number of halogens is 1. The Balaban J connectivity index is 2.12. The Labute approximate surface area is 127 Å². The Morgan fingerprint density at radius 2 is 1.90 bits per heavy atom. The molecule has 0 N–H and O–H groups in total. The molecule has 2 aromatic rings. The number of nitriles is 1. The van der Waals surface area contributed by atoms with Crippen LogP contribution in [0.2, 0.25) is 5.02 Å². The van der Waals surface area contributed by atoms with Gasteiger partial charge in [-0.1, -0.05) is 41.9 Å². The average Bonchev–Trinajstić information content (AvgIpc) is 2.54. The van der Waals surface area contributed by atoms with E-state index in [9.17, 15) is 10.1 Å². The fourth-order valence-corrected chi connectivity index (χ4v) is 2.61. The number of amides is 1. The van der Waals surface area contributed by atoms with E-state index in [1.165, 1.54) is 4.90 Å². The lowest BCUT2D eigenvalue weighted by atomic mass is 10.0. The zero-order valence-corrected chi connectivity index (χ0v) is 11.8. The first-order valence-electron chi connectivity index (χ1n) is 6.47. The summed E-state index contributed by atoms with van der Waals surface area (Å²) in [5.74, 6) is -0.213. The van der Waals surface area contributed by atoms with Crippen LogP contribution in [0.3, 0.4) is 0 Å². The van der Waals surface area contributed by atoms with Crippen LogP contribution >= 0.6 is 11.6 Å². The van der Waals surface area contributed by atoms with Gasteiger partial charge in [-0.25, -0.2) is 0 Å². The van der Waals surface area contributed by atoms with Crippen molar-refractivity contribution in [2.45, 2.75) is 6.04 Å². The van der Waals surface area contributed by atoms with Gasteiger partial charge < -0.3 is 0 Å². The molecule has 0 saturated carbocycles. The Morgan fingerprint density at radius 1 is 1.14 bits per heavy atom. The van der Waals surface area contributed by atoms with Crippen LogP contribution in [0.15, 0.2) is 54.6 Å². The topological polar surface area (TPSA) is 44.1 Å². The number of hydrogen-bond acceptors (Lipinski definition) is 2. The Morgan fingerprint density at radius 3 is 2.62 bits per heavy atom. The molecule has 0 saturated heterocycles. The minimum atomic E-state index is -0.635. The molecule has 0 aliphatic carbocycles. The summed E-state index contributed by atoms with van der Waals surface area (Å²) in [5.41, 5.74) is 1.96. The van der Waals surface area contributed by atoms with Gasteiger partial charge in [-0.05, 0) is 30.3 Å². The third kappa shape index (κ3) is 2.31. The third-order valence-electron chi connectivity index (χ3n) is 3.38. The minimum absolute atomic E-state index is 0.213. The highest BCUT2D eigenvalue weighted by atomic mass is 35.5. The fraction of sp³-hybridized carbons (Fsp3) is 0.0588. The van der Waals surface area contributed by atoms with Gasteiger partial charge >= 0.3 is 0 Å². The van der Waals surface area contributed by atoms with Crippen LogP contribution in [0.1, 0.15) is 15.9 Å². The summed E-state index contributed by atoms with van der Waals surface area (Å²) in [6.45, 7) is 0. The van der Waals surface area contributed by atoms with Crippen molar-refractivity contribution in [2.75, 3.05) is 4.90 Å². The van der Waals surface area contributed by atoms with Gasteiger partial charge in [0, 0.05) is 16.1 Å². The van der Waals surface area contributed by atoms with E-state index in [0.29, 0.717) is 16.3 Å². The number of hydrogen-bond donors (Lipinski definition) is 0. The van der Waals surface area contributed by atoms with Gasteiger partial charge in [-0.15, -0.1) is 0 Å². The van der Waals surface area contributed by atoms with Gasteiger partial charge in [0.05, 0.1) is 11.8 Å². The number of fused-ring (bicyclic) bond motifs is 1. The van der Waals surface area contributed by atoms with Gasteiger partial charge in [0.2, 0.25) is 0 Å². The van der Waals surface area contributed by atoms with Crippen LogP contribution in [0.5, 0.6) is 0 Å². The molecule has 0 radical (unpaired) electrons. The summed E-state index contributed by atoms with van der Waals surface area (Å²) in [6.07, 6.45) is 3.48. The number of carbonyl (C=O) groups excluding carboxylic acids is 1. The number of benzene rings is 2. The van der Waals surface area contributed by atoms with Crippen molar-refractivity contribution >= 4 is 29.3 Å². The van der Waals surface area contributed by atoms with Crippen LogP contribution in [0, 0.1) is 11.3 Å². The van der Waals surface area contributed by atoms with Crippen molar-refractivity contribution in [1.82, 2.24) is 0 Å². The van der Waals surface area contributed by atoms with Gasteiger partial charge in [0.25, 0.3) is 5.91 Å². The summed E-state index contributed by atoms with van der Waals surface area (Å²) in [4.78, 5) is 14.2. The summed E-state index contributed by atoms with van der Waals surface area (Å²) in [6, 6.07) is 15.8. The van der Waals surface area contributed by atoms with E-state index in [2.05, 4.69) is 6.07 Å². The molecule has 1 heterocycles. The quantitative estimate of drug-likeness (QED) is 0.800. The Hall–Kier alpha value is -2.57. The highest BCUT2D eigenvalue weighted by Gasteiger charge is 2.29. The highest BCUT2D eigenvalue weighted by molar-refractivity contribution is 6.33. The van der Waals surface area contributed by atoms with Crippen LogP contribution in [0.4, 0.5) is 5.69 Å². The van der Waals surface area contributed by atoms with E-state index in [1.54, 1.807) is 54.6 Å². The van der Waals surface area contributed by atoms with Gasteiger partial charge in [-0.3, -0.25) is 9.69 Å². The lowest BCUT2D eigenvalue weighted by Crippen LogP contribution is -2.40. The molecule has 0 bridgehead atoms. The molecule has 0 aromatic heterocycles. The van der Waals surface area contributed by atoms with Crippen molar-refractivity contribution in [1.29, 1.82) is 5.26 Å². The largest absolute Gasteiger partial charge is 0.288 e. The third-order valence-corrected chi connectivity index (χ3v) is 3.71. The monoisotopic (exact) mass is 294 g/mol. The molecule has 1 amide bonds. The SMILES string of the molecule is N#CC1C=Cc2c(Cl)cccc2N1C(=O)c1ccccc1. The first kappa shape index (κ1) is 13.4. The number of rotatable bonds is 1. The number of carbonyl (C=O) groups is 1. The van der Waals surface area contributed by atoms with E-state index in [4.69, 9.17) is 11.6 Å². The molecule has 1 aliphatic heterocycles. The van der Waals surface area contributed by atoms with Gasteiger partial charge in [-0.2, -0.15) is 5.26 Å². The van der Waals surface area contributed by atoms with E-state index in [-0.39, 0.29) is 5.91 Å². The molecule has 0 spiro atoms. The second-order valence-corrected chi connectivity index (χ2v) is 5.05. The van der Waals surface area contributed by atoms with Crippen molar-refractivity contribution in [3.8, 4) is 6.07 Å². The average molecular weight is 295 g/mol. The zero-order chi connectivity index (χ0) is 14.8. The predicted molar refractivity (Wildman–Crippen MR) is 83.1 cm³/mol. The maximum atomic E-state index is 12.7. The standard InChI is InChI=1S/C17H11ClN2O/c18-15-7-4-8-16-14(15)10-9-13(11-19)20(16)17(21)12-5-2-1-3-6-12/h1-10,13H. The molecule has 2 aromatic carbocycles. The van der Waals surface area contributed by atoms with Crippen LogP contribution in [0.25, 0.3) is 6.08 Å². The second kappa shape index (κ2) is 5.43. The van der Waals surface area contributed by atoms with Crippen molar-refractivity contribution in [3.05, 3.63) is 70.8 Å². The summed E-state index contributed by atoms with van der Waals surface area (Å²) in [5, 5.41) is 9.89. The Bertz CT molecular complexity index is 762. The van der Waals surface area contributed by atoms with Crippen molar-refractivity contribution in [2.24, 2.45) is 0 Å². The smallest absolute Gasteiger partial charge is 0.259 e. The zero-order valence-electron chi connectivity index (χ0n) is 11.0. The molecular weight excluding hydrogens is 284 g/mol. The normalized spacial score (nSPS) is 16.2. The molecule has 3 nitrogen and oxygen atoms in total. The highest BCUT2D eigenvalue weighted by Crippen LogP contribution is 2.34. The first-order valence-corrected chi connectivity index (χ1v) is 6.85. The summed E-state index contributed by atoms with van der Waals surface area (Å²) >= 11 is 6.18. The van der Waals surface area contributed by atoms with Crippen molar-refractivity contribution in [3.63, 3.8) is 0 Å². The maximum Gasteiger partial charge on any atom is 0.259 e.